The van der Waals surface area contributed by atoms with Crippen LogP contribution in [-0.4, -0.2) is 45.9 Å². The van der Waals surface area contributed by atoms with Gasteiger partial charge in [-0.05, 0) is 31.9 Å². The summed E-state index contributed by atoms with van der Waals surface area (Å²) in [6.07, 6.45) is 0.873. The highest BCUT2D eigenvalue weighted by Gasteiger charge is 2.16. The van der Waals surface area contributed by atoms with Crippen LogP contribution in [0.5, 0.6) is 5.75 Å². The Labute approximate surface area is 150 Å². The molecule has 6 heteroatoms. The first kappa shape index (κ1) is 21.0. The molecule has 1 aromatic carbocycles. The zero-order valence-electron chi connectivity index (χ0n) is 14.1. The lowest BCUT2D eigenvalue weighted by molar-refractivity contribution is 0.0268. The van der Waals surface area contributed by atoms with Gasteiger partial charge in [-0.25, -0.2) is 0 Å². The quantitative estimate of drug-likeness (QED) is 0.404. The molecule has 0 aliphatic heterocycles. The molecule has 1 rings (SSSR count). The maximum Gasteiger partial charge on any atom is 0.191 e. The lowest BCUT2D eigenvalue weighted by Gasteiger charge is -2.24. The van der Waals surface area contributed by atoms with E-state index >= 15 is 0 Å². The minimum absolute atomic E-state index is 0. The van der Waals surface area contributed by atoms with Crippen molar-refractivity contribution >= 4 is 29.9 Å². The first-order chi connectivity index (χ1) is 10.0. The topological polar surface area (TPSA) is 54.9 Å². The molecule has 0 aliphatic rings. The number of para-hydroxylation sites is 1. The number of guanidine groups is 1. The van der Waals surface area contributed by atoms with E-state index in [0.29, 0.717) is 6.54 Å². The van der Waals surface area contributed by atoms with Crippen molar-refractivity contribution in [3.05, 3.63) is 29.8 Å². The Balaban J connectivity index is 0.00000441. The van der Waals surface area contributed by atoms with Gasteiger partial charge >= 0.3 is 0 Å². The molecular formula is C16H28IN3O2. The van der Waals surface area contributed by atoms with Crippen LogP contribution in [0.25, 0.3) is 0 Å². The molecule has 1 aromatic rings. The van der Waals surface area contributed by atoms with E-state index in [9.17, 15) is 0 Å². The van der Waals surface area contributed by atoms with E-state index in [1.165, 1.54) is 5.56 Å². The van der Waals surface area contributed by atoms with Crippen molar-refractivity contribution in [3.8, 4) is 5.75 Å². The number of rotatable bonds is 7. The van der Waals surface area contributed by atoms with E-state index in [1.807, 2.05) is 32.0 Å². The van der Waals surface area contributed by atoms with Gasteiger partial charge in [-0.1, -0.05) is 18.2 Å². The summed E-state index contributed by atoms with van der Waals surface area (Å²) in [5.74, 6) is 1.69. The fourth-order valence-electron chi connectivity index (χ4n) is 1.81. The third-order valence-corrected chi connectivity index (χ3v) is 3.34. The van der Waals surface area contributed by atoms with Gasteiger partial charge in [0.15, 0.2) is 5.96 Å². The fraction of sp³-hybridized carbons (Fsp3) is 0.562. The minimum atomic E-state index is -0.222. The van der Waals surface area contributed by atoms with Crippen molar-refractivity contribution in [1.82, 2.24) is 10.6 Å². The first-order valence-corrected chi connectivity index (χ1v) is 7.14. The van der Waals surface area contributed by atoms with Gasteiger partial charge in [-0.15, -0.1) is 24.0 Å². The Hall–Kier alpha value is -1.02. The number of hydrogen-bond donors (Lipinski definition) is 2. The van der Waals surface area contributed by atoms with Gasteiger partial charge in [0, 0.05) is 27.2 Å². The van der Waals surface area contributed by atoms with Crippen molar-refractivity contribution in [3.63, 3.8) is 0 Å². The van der Waals surface area contributed by atoms with Crippen LogP contribution in [0.2, 0.25) is 0 Å². The highest BCUT2D eigenvalue weighted by Crippen LogP contribution is 2.17. The number of methoxy groups -OCH3 is 2. The summed E-state index contributed by atoms with van der Waals surface area (Å²) in [4.78, 5) is 4.21. The minimum Gasteiger partial charge on any atom is -0.496 e. The zero-order valence-corrected chi connectivity index (χ0v) is 16.4. The Morgan fingerprint density at radius 1 is 1.18 bits per heavy atom. The normalized spacial score (nSPS) is 11.6. The van der Waals surface area contributed by atoms with Gasteiger partial charge in [0.1, 0.15) is 5.75 Å². The summed E-state index contributed by atoms with van der Waals surface area (Å²) in [5.41, 5.74) is 0.959. The largest absolute Gasteiger partial charge is 0.496 e. The second-order valence-corrected chi connectivity index (χ2v) is 5.38. The SMILES string of the molecule is CN=C(NCCc1ccccc1OC)NCC(C)(C)OC.I. The van der Waals surface area contributed by atoms with Gasteiger partial charge in [0.2, 0.25) is 0 Å². The first-order valence-electron chi connectivity index (χ1n) is 7.14. The lowest BCUT2D eigenvalue weighted by Crippen LogP contribution is -2.45. The standard InChI is InChI=1S/C16H27N3O2.HI/c1-16(2,21-5)12-19-15(17-3)18-11-10-13-8-6-7-9-14(13)20-4;/h6-9H,10-12H2,1-5H3,(H2,17,18,19);1H. The number of hydrogen-bond acceptors (Lipinski definition) is 3. The molecule has 5 nitrogen and oxygen atoms in total. The number of aliphatic imine (C=N–C) groups is 1. The molecule has 0 heterocycles. The second-order valence-electron chi connectivity index (χ2n) is 5.38. The van der Waals surface area contributed by atoms with Crippen molar-refractivity contribution in [2.75, 3.05) is 34.4 Å². The van der Waals surface area contributed by atoms with Crippen LogP contribution in [0, 0.1) is 0 Å². The van der Waals surface area contributed by atoms with Crippen LogP contribution < -0.4 is 15.4 Å². The van der Waals surface area contributed by atoms with Crippen LogP contribution in [0.3, 0.4) is 0 Å². The molecule has 0 amide bonds. The average molecular weight is 421 g/mol. The van der Waals surface area contributed by atoms with Gasteiger partial charge in [-0.3, -0.25) is 4.99 Å². The molecule has 0 aromatic heterocycles. The second kappa shape index (κ2) is 10.7. The Morgan fingerprint density at radius 2 is 1.86 bits per heavy atom. The summed E-state index contributed by atoms with van der Waals surface area (Å²) >= 11 is 0. The molecule has 22 heavy (non-hydrogen) atoms. The molecule has 0 atom stereocenters. The van der Waals surface area contributed by atoms with Crippen molar-refractivity contribution in [2.45, 2.75) is 25.9 Å². The lowest BCUT2D eigenvalue weighted by atomic mass is 10.1. The molecule has 0 saturated carbocycles. The maximum absolute atomic E-state index is 5.37. The molecule has 0 unspecified atom stereocenters. The molecule has 0 aliphatic carbocycles. The molecule has 0 bridgehead atoms. The summed E-state index contributed by atoms with van der Waals surface area (Å²) in [5, 5.41) is 6.55. The number of nitrogens with zero attached hydrogens (tertiary/aromatic N) is 1. The third-order valence-electron chi connectivity index (χ3n) is 3.34. The predicted molar refractivity (Wildman–Crippen MR) is 103 cm³/mol. The molecule has 0 fully saturated rings. The monoisotopic (exact) mass is 421 g/mol. The van der Waals surface area contributed by atoms with Gasteiger partial charge < -0.3 is 20.1 Å². The molecule has 0 radical (unpaired) electrons. The van der Waals surface area contributed by atoms with Crippen LogP contribution in [0.4, 0.5) is 0 Å². The van der Waals surface area contributed by atoms with Crippen LogP contribution in [-0.2, 0) is 11.2 Å². The molecular weight excluding hydrogens is 393 g/mol. The van der Waals surface area contributed by atoms with Crippen LogP contribution in [0.15, 0.2) is 29.3 Å². The maximum atomic E-state index is 5.37. The predicted octanol–water partition coefficient (Wildman–Crippen LogP) is 2.45. The smallest absolute Gasteiger partial charge is 0.191 e. The number of benzene rings is 1. The highest BCUT2D eigenvalue weighted by molar-refractivity contribution is 14.0. The Bertz CT molecular complexity index is 464. The van der Waals surface area contributed by atoms with E-state index in [1.54, 1.807) is 21.3 Å². The van der Waals surface area contributed by atoms with E-state index in [0.717, 1.165) is 24.7 Å². The molecule has 0 saturated heterocycles. The van der Waals surface area contributed by atoms with E-state index in [-0.39, 0.29) is 29.6 Å². The number of ether oxygens (including phenoxy) is 2. The number of halogens is 1. The molecule has 2 N–H and O–H groups in total. The summed E-state index contributed by atoms with van der Waals surface area (Å²) in [7, 11) is 5.16. The van der Waals surface area contributed by atoms with Crippen molar-refractivity contribution < 1.29 is 9.47 Å². The van der Waals surface area contributed by atoms with Crippen molar-refractivity contribution in [2.24, 2.45) is 4.99 Å². The third kappa shape index (κ3) is 7.31. The highest BCUT2D eigenvalue weighted by atomic mass is 127. The molecule has 126 valence electrons. The fourth-order valence-corrected chi connectivity index (χ4v) is 1.81. The Kier molecular flexibility index (Phi) is 10.2. The van der Waals surface area contributed by atoms with E-state index in [4.69, 9.17) is 9.47 Å². The van der Waals surface area contributed by atoms with Crippen molar-refractivity contribution in [1.29, 1.82) is 0 Å². The Morgan fingerprint density at radius 3 is 2.45 bits per heavy atom. The van der Waals surface area contributed by atoms with E-state index < -0.39 is 0 Å². The average Bonchev–Trinajstić information content (AvgIpc) is 2.51. The molecule has 0 spiro atoms. The summed E-state index contributed by atoms with van der Waals surface area (Å²) in [6.45, 7) is 5.54. The van der Waals surface area contributed by atoms with E-state index in [2.05, 4.69) is 21.7 Å². The zero-order chi connectivity index (χ0) is 15.7. The summed E-state index contributed by atoms with van der Waals surface area (Å²) in [6, 6.07) is 8.05. The van der Waals surface area contributed by atoms with Gasteiger partial charge in [-0.2, -0.15) is 0 Å². The van der Waals surface area contributed by atoms with Gasteiger partial charge in [0.05, 0.1) is 12.7 Å². The van der Waals surface area contributed by atoms with Crippen LogP contribution in [0.1, 0.15) is 19.4 Å². The number of nitrogens with one attached hydrogen (secondary N) is 2. The van der Waals surface area contributed by atoms with Gasteiger partial charge in [0.25, 0.3) is 0 Å². The van der Waals surface area contributed by atoms with Crippen LogP contribution >= 0.6 is 24.0 Å². The summed E-state index contributed by atoms with van der Waals surface area (Å²) < 4.78 is 10.7.